The van der Waals surface area contributed by atoms with E-state index in [9.17, 15) is 4.79 Å². The lowest BCUT2D eigenvalue weighted by Gasteiger charge is -2.33. The smallest absolute Gasteiger partial charge is 0.410 e. The molecule has 7 heteroatoms. The maximum Gasteiger partial charge on any atom is 0.410 e. The lowest BCUT2D eigenvalue weighted by atomic mass is 9.97. The first-order valence-corrected chi connectivity index (χ1v) is 10.3. The van der Waals surface area contributed by atoms with Gasteiger partial charge in [0.05, 0.1) is 25.8 Å². The predicted octanol–water partition coefficient (Wildman–Crippen LogP) is 4.27. The minimum absolute atomic E-state index is 0.227. The van der Waals surface area contributed by atoms with Crippen LogP contribution in [0.3, 0.4) is 0 Å². The number of piperidine rings is 1. The number of nitrogens with zero attached hydrogens (tertiary/aromatic N) is 4. The molecule has 160 valence electrons. The largest absolute Gasteiger partial charge is 0.496 e. The zero-order chi connectivity index (χ0) is 21.7. The quantitative estimate of drug-likeness (QED) is 0.735. The van der Waals surface area contributed by atoms with Crippen molar-refractivity contribution in [3.8, 4) is 22.9 Å². The van der Waals surface area contributed by atoms with E-state index in [4.69, 9.17) is 14.7 Å². The molecule has 0 aliphatic carbocycles. The normalized spacial score (nSPS) is 15.0. The van der Waals surface area contributed by atoms with Crippen LogP contribution < -0.4 is 4.74 Å². The van der Waals surface area contributed by atoms with E-state index < -0.39 is 5.60 Å². The monoisotopic (exact) mass is 410 g/mol. The Hall–Kier alpha value is -3.01. The summed E-state index contributed by atoms with van der Waals surface area (Å²) < 4.78 is 12.8. The molecule has 0 saturated carbocycles. The van der Waals surface area contributed by atoms with E-state index in [1.807, 2.05) is 56.0 Å². The van der Waals surface area contributed by atoms with E-state index in [1.165, 1.54) is 0 Å². The number of benzene rings is 1. The summed E-state index contributed by atoms with van der Waals surface area (Å²) in [6, 6.07) is 8.05. The first kappa shape index (κ1) is 21.7. The van der Waals surface area contributed by atoms with E-state index in [1.54, 1.807) is 12.0 Å². The summed E-state index contributed by atoms with van der Waals surface area (Å²) in [6.07, 6.45) is 5.84. The second kappa shape index (κ2) is 9.21. The van der Waals surface area contributed by atoms with Gasteiger partial charge in [-0.1, -0.05) is 6.07 Å². The van der Waals surface area contributed by atoms with Crippen LogP contribution in [-0.4, -0.2) is 46.6 Å². The van der Waals surface area contributed by atoms with Crippen molar-refractivity contribution in [2.45, 2.75) is 52.2 Å². The molecule has 1 aromatic heterocycles. The van der Waals surface area contributed by atoms with Crippen LogP contribution in [0, 0.1) is 17.2 Å². The molecule has 1 aliphatic heterocycles. The minimum Gasteiger partial charge on any atom is -0.496 e. The van der Waals surface area contributed by atoms with Crippen LogP contribution in [0.25, 0.3) is 11.1 Å². The SMILES string of the molecule is COc1ccc(-c2cnn(CC3CCN(C(=O)OC(C)(C)C)CC3)c2)cc1CC#N. The van der Waals surface area contributed by atoms with Crippen molar-refractivity contribution in [3.63, 3.8) is 0 Å². The number of likely N-dealkylation sites (tertiary alicyclic amines) is 1. The number of carbonyl (C=O) groups excluding carboxylic acids is 1. The van der Waals surface area contributed by atoms with Crippen LogP contribution in [0.2, 0.25) is 0 Å². The summed E-state index contributed by atoms with van der Waals surface area (Å²) in [5.74, 6) is 1.20. The Labute approximate surface area is 178 Å². The molecule has 2 aromatic rings. The number of ether oxygens (including phenoxy) is 2. The molecule has 0 N–H and O–H groups in total. The summed E-state index contributed by atoms with van der Waals surface area (Å²) in [5, 5.41) is 13.6. The van der Waals surface area contributed by atoms with Gasteiger partial charge in [0, 0.05) is 37.0 Å². The number of hydrogen-bond acceptors (Lipinski definition) is 5. The van der Waals surface area contributed by atoms with Gasteiger partial charge in [-0.05, 0) is 57.2 Å². The molecule has 30 heavy (non-hydrogen) atoms. The molecule has 0 radical (unpaired) electrons. The van der Waals surface area contributed by atoms with Crippen LogP contribution in [-0.2, 0) is 17.7 Å². The molecule has 1 amide bonds. The third-order valence-corrected chi connectivity index (χ3v) is 5.23. The Kier molecular flexibility index (Phi) is 6.66. The Bertz CT molecular complexity index is 915. The van der Waals surface area contributed by atoms with Gasteiger partial charge in [-0.2, -0.15) is 10.4 Å². The van der Waals surface area contributed by atoms with Crippen LogP contribution in [0.15, 0.2) is 30.6 Å². The van der Waals surface area contributed by atoms with E-state index in [-0.39, 0.29) is 6.09 Å². The van der Waals surface area contributed by atoms with Gasteiger partial charge in [0.25, 0.3) is 0 Å². The fourth-order valence-corrected chi connectivity index (χ4v) is 3.68. The molecule has 0 atom stereocenters. The number of hydrogen-bond donors (Lipinski definition) is 0. The molecular weight excluding hydrogens is 380 g/mol. The maximum atomic E-state index is 12.2. The first-order chi connectivity index (χ1) is 14.3. The van der Waals surface area contributed by atoms with Crippen LogP contribution >= 0.6 is 0 Å². The Balaban J connectivity index is 1.59. The van der Waals surface area contributed by atoms with Crippen molar-refractivity contribution in [3.05, 3.63) is 36.2 Å². The topological polar surface area (TPSA) is 80.4 Å². The van der Waals surface area contributed by atoms with Crippen molar-refractivity contribution in [1.82, 2.24) is 14.7 Å². The van der Waals surface area contributed by atoms with Gasteiger partial charge < -0.3 is 14.4 Å². The summed E-state index contributed by atoms with van der Waals surface area (Å²) in [5.41, 5.74) is 2.45. The number of rotatable bonds is 5. The Morgan fingerprint density at radius 2 is 2.00 bits per heavy atom. The average Bonchev–Trinajstić information content (AvgIpc) is 3.16. The first-order valence-electron chi connectivity index (χ1n) is 10.3. The highest BCUT2D eigenvalue weighted by atomic mass is 16.6. The molecule has 1 saturated heterocycles. The summed E-state index contributed by atoms with van der Waals surface area (Å²) >= 11 is 0. The highest BCUT2D eigenvalue weighted by Crippen LogP contribution is 2.27. The minimum atomic E-state index is -0.464. The molecule has 1 aromatic carbocycles. The molecule has 2 heterocycles. The van der Waals surface area contributed by atoms with Crippen molar-refractivity contribution in [1.29, 1.82) is 5.26 Å². The van der Waals surface area contributed by atoms with E-state index in [2.05, 4.69) is 11.2 Å². The predicted molar refractivity (Wildman–Crippen MR) is 114 cm³/mol. The number of nitriles is 1. The fraction of sp³-hybridized carbons (Fsp3) is 0.522. The molecule has 0 unspecified atom stereocenters. The summed E-state index contributed by atoms with van der Waals surface area (Å²) in [4.78, 5) is 14.0. The highest BCUT2D eigenvalue weighted by Gasteiger charge is 2.27. The van der Waals surface area contributed by atoms with Gasteiger partial charge in [0.1, 0.15) is 11.4 Å². The second-order valence-electron chi connectivity index (χ2n) is 8.72. The van der Waals surface area contributed by atoms with Crippen LogP contribution in [0.4, 0.5) is 4.79 Å². The van der Waals surface area contributed by atoms with Crippen LogP contribution in [0.1, 0.15) is 39.2 Å². The fourth-order valence-electron chi connectivity index (χ4n) is 3.68. The van der Waals surface area contributed by atoms with E-state index in [0.29, 0.717) is 25.4 Å². The Morgan fingerprint density at radius 1 is 1.27 bits per heavy atom. The molecule has 0 spiro atoms. The van der Waals surface area contributed by atoms with E-state index >= 15 is 0 Å². The van der Waals surface area contributed by atoms with Crippen molar-refractivity contribution >= 4 is 6.09 Å². The molecule has 1 aliphatic rings. The number of methoxy groups -OCH3 is 1. The van der Waals surface area contributed by atoms with Gasteiger partial charge in [0.15, 0.2) is 0 Å². The second-order valence-corrected chi connectivity index (χ2v) is 8.72. The van der Waals surface area contributed by atoms with Crippen LogP contribution in [0.5, 0.6) is 5.75 Å². The molecule has 1 fully saturated rings. The van der Waals surface area contributed by atoms with Gasteiger partial charge >= 0.3 is 6.09 Å². The summed E-state index contributed by atoms with van der Waals surface area (Å²) in [6.45, 7) is 7.91. The third kappa shape index (κ3) is 5.53. The summed E-state index contributed by atoms with van der Waals surface area (Å²) in [7, 11) is 1.61. The number of amides is 1. The van der Waals surface area contributed by atoms with Crippen molar-refractivity contribution in [2.24, 2.45) is 5.92 Å². The van der Waals surface area contributed by atoms with Crippen molar-refractivity contribution in [2.75, 3.05) is 20.2 Å². The number of carbonyl (C=O) groups is 1. The van der Waals surface area contributed by atoms with Gasteiger partial charge in [-0.3, -0.25) is 4.68 Å². The number of aromatic nitrogens is 2. The molecular formula is C23H30N4O3. The maximum absolute atomic E-state index is 12.2. The highest BCUT2D eigenvalue weighted by molar-refractivity contribution is 5.68. The molecule has 0 bridgehead atoms. The van der Waals surface area contributed by atoms with Gasteiger partial charge in [-0.15, -0.1) is 0 Å². The lowest BCUT2D eigenvalue weighted by Crippen LogP contribution is -2.42. The van der Waals surface area contributed by atoms with Gasteiger partial charge in [0.2, 0.25) is 0 Å². The Morgan fingerprint density at radius 3 is 2.63 bits per heavy atom. The van der Waals surface area contributed by atoms with E-state index in [0.717, 1.165) is 41.8 Å². The lowest BCUT2D eigenvalue weighted by molar-refractivity contribution is 0.0177. The standard InChI is InChI=1S/C23H30N4O3/c1-23(2,3)30-22(28)26-11-8-17(9-12-26)15-27-16-20(14-25-27)18-5-6-21(29-4)19(13-18)7-10-24/h5-6,13-14,16-17H,7-9,11-12,15H2,1-4H3. The zero-order valence-corrected chi connectivity index (χ0v) is 18.2. The van der Waals surface area contributed by atoms with Crippen molar-refractivity contribution < 1.29 is 14.3 Å². The van der Waals surface area contributed by atoms with Gasteiger partial charge in [-0.25, -0.2) is 4.79 Å². The molecule has 3 rings (SSSR count). The zero-order valence-electron chi connectivity index (χ0n) is 18.2. The third-order valence-electron chi connectivity index (χ3n) is 5.23. The average molecular weight is 411 g/mol. The molecule has 7 nitrogen and oxygen atoms in total.